The van der Waals surface area contributed by atoms with Gasteiger partial charge in [0.1, 0.15) is 5.69 Å². The van der Waals surface area contributed by atoms with Crippen molar-refractivity contribution in [2.45, 2.75) is 46.1 Å². The maximum atomic E-state index is 11.1. The molecule has 1 aromatic rings. The Labute approximate surface area is 108 Å². The van der Waals surface area contributed by atoms with Crippen LogP contribution in [0.25, 0.3) is 0 Å². The molecule has 0 aromatic carbocycles. The Balaban J connectivity index is 2.88. The minimum absolute atomic E-state index is 0.161. The summed E-state index contributed by atoms with van der Waals surface area (Å²) in [5.74, 6) is 0. The lowest BCUT2D eigenvalue weighted by Gasteiger charge is -2.16. The molecule has 0 aliphatic rings. The molecule has 0 aliphatic heterocycles. The van der Waals surface area contributed by atoms with Crippen molar-refractivity contribution in [3.63, 3.8) is 0 Å². The molecule has 1 aromatic heterocycles. The van der Waals surface area contributed by atoms with Gasteiger partial charge in [-0.15, -0.1) is 0 Å². The molecule has 1 unspecified atom stereocenters. The van der Waals surface area contributed by atoms with Gasteiger partial charge < -0.3 is 5.32 Å². The summed E-state index contributed by atoms with van der Waals surface area (Å²) in [6, 6.07) is 1.93. The summed E-state index contributed by atoms with van der Waals surface area (Å²) in [5, 5.41) is 14.5. The number of hydrogen-bond acceptors (Lipinski definition) is 4. The molecule has 0 aliphatic carbocycles. The van der Waals surface area contributed by atoms with Crippen LogP contribution in [0.3, 0.4) is 0 Å². The second-order valence-corrected chi connectivity index (χ2v) is 4.44. The third kappa shape index (κ3) is 3.77. The lowest BCUT2D eigenvalue weighted by molar-refractivity contribution is -0.386. The molecular weight excluding hydrogens is 230 g/mol. The quantitative estimate of drug-likeness (QED) is 0.597. The van der Waals surface area contributed by atoms with Crippen LogP contribution in [0.15, 0.2) is 12.3 Å². The van der Waals surface area contributed by atoms with E-state index in [2.05, 4.69) is 24.1 Å². The molecular formula is C13H21N3O2. The van der Waals surface area contributed by atoms with E-state index in [0.29, 0.717) is 17.7 Å². The van der Waals surface area contributed by atoms with Crippen LogP contribution in [0, 0.1) is 17.0 Å². The summed E-state index contributed by atoms with van der Waals surface area (Å²) in [6.07, 6.45) is 4.24. The molecule has 0 radical (unpaired) electrons. The highest BCUT2D eigenvalue weighted by atomic mass is 16.6. The number of rotatable bonds is 7. The first-order chi connectivity index (χ1) is 8.60. The third-order valence-electron chi connectivity index (χ3n) is 3.00. The van der Waals surface area contributed by atoms with Gasteiger partial charge in [-0.3, -0.25) is 15.1 Å². The molecule has 0 fully saturated rings. The number of hydrogen-bond donors (Lipinski definition) is 1. The molecule has 0 amide bonds. The van der Waals surface area contributed by atoms with Gasteiger partial charge in [0, 0.05) is 24.2 Å². The van der Waals surface area contributed by atoms with Crippen molar-refractivity contribution >= 4 is 5.69 Å². The highest BCUT2D eigenvalue weighted by molar-refractivity contribution is 5.43. The Hall–Kier alpha value is -1.49. The minimum atomic E-state index is -0.329. The average molecular weight is 251 g/mol. The molecule has 1 heterocycles. The molecule has 1 rings (SSSR count). The van der Waals surface area contributed by atoms with E-state index in [1.807, 2.05) is 0 Å². The van der Waals surface area contributed by atoms with Crippen LogP contribution >= 0.6 is 0 Å². The molecule has 0 spiro atoms. The topological polar surface area (TPSA) is 68.1 Å². The van der Waals surface area contributed by atoms with Gasteiger partial charge in [-0.25, -0.2) is 0 Å². The summed E-state index contributed by atoms with van der Waals surface area (Å²) in [4.78, 5) is 14.9. The predicted octanol–water partition coefficient (Wildman–Crippen LogP) is 2.62. The molecule has 0 saturated carbocycles. The normalized spacial score (nSPS) is 12.4. The fourth-order valence-electron chi connectivity index (χ4n) is 1.95. The third-order valence-corrected chi connectivity index (χ3v) is 3.00. The number of nitrogens with zero attached hydrogens (tertiary/aromatic N) is 2. The molecule has 5 heteroatoms. The lowest BCUT2D eigenvalue weighted by atomic mass is 10.0. The number of pyridine rings is 1. The second kappa shape index (κ2) is 7.06. The first-order valence-corrected chi connectivity index (χ1v) is 6.42. The van der Waals surface area contributed by atoms with Gasteiger partial charge >= 0.3 is 0 Å². The van der Waals surface area contributed by atoms with E-state index in [4.69, 9.17) is 0 Å². The summed E-state index contributed by atoms with van der Waals surface area (Å²) < 4.78 is 0. The fraction of sp³-hybridized carbons (Fsp3) is 0.615. The van der Waals surface area contributed by atoms with Gasteiger partial charge in [-0.2, -0.15) is 0 Å². The Kier molecular flexibility index (Phi) is 5.71. The van der Waals surface area contributed by atoms with Crippen LogP contribution in [0.2, 0.25) is 0 Å². The van der Waals surface area contributed by atoms with Crippen LogP contribution < -0.4 is 5.32 Å². The van der Waals surface area contributed by atoms with Gasteiger partial charge in [-0.05, 0) is 32.4 Å². The first-order valence-electron chi connectivity index (χ1n) is 6.42. The van der Waals surface area contributed by atoms with Crippen molar-refractivity contribution in [2.24, 2.45) is 0 Å². The van der Waals surface area contributed by atoms with E-state index in [-0.39, 0.29) is 16.7 Å². The van der Waals surface area contributed by atoms with Crippen molar-refractivity contribution in [2.75, 3.05) is 6.54 Å². The standard InChI is InChI=1S/C13H21N3O2/c1-4-7-14-11(5-2)9-12-13(16(17)18)10(3)6-8-15-12/h6,8,11,14H,4-5,7,9H2,1-3H3. The van der Waals surface area contributed by atoms with Crippen molar-refractivity contribution in [1.29, 1.82) is 0 Å². The molecule has 18 heavy (non-hydrogen) atoms. The molecule has 1 N–H and O–H groups in total. The summed E-state index contributed by atoms with van der Waals surface area (Å²) in [7, 11) is 0. The van der Waals surface area contributed by atoms with E-state index in [1.54, 1.807) is 19.2 Å². The minimum Gasteiger partial charge on any atom is -0.314 e. The van der Waals surface area contributed by atoms with Gasteiger partial charge in [0.2, 0.25) is 0 Å². The number of nitrogens with one attached hydrogen (secondary N) is 1. The molecule has 100 valence electrons. The van der Waals surface area contributed by atoms with Gasteiger partial charge in [0.15, 0.2) is 0 Å². The summed E-state index contributed by atoms with van der Waals surface area (Å²) in [6.45, 7) is 6.86. The monoisotopic (exact) mass is 251 g/mol. The summed E-state index contributed by atoms with van der Waals surface area (Å²) >= 11 is 0. The van der Waals surface area contributed by atoms with Crippen LogP contribution in [0.1, 0.15) is 37.9 Å². The average Bonchev–Trinajstić information content (AvgIpc) is 2.33. The maximum absolute atomic E-state index is 11.1. The molecule has 1 atom stereocenters. The van der Waals surface area contributed by atoms with Crippen LogP contribution in [-0.4, -0.2) is 22.5 Å². The van der Waals surface area contributed by atoms with Gasteiger partial charge in [0.25, 0.3) is 5.69 Å². The SMILES string of the molecule is CCCNC(CC)Cc1nccc(C)c1[N+](=O)[O-]. The number of nitro groups is 1. The zero-order valence-electron chi connectivity index (χ0n) is 11.3. The Bertz CT molecular complexity index is 407. The maximum Gasteiger partial charge on any atom is 0.293 e. The van der Waals surface area contributed by atoms with Crippen molar-refractivity contribution in [1.82, 2.24) is 10.3 Å². The van der Waals surface area contributed by atoms with Crippen LogP contribution in [0.5, 0.6) is 0 Å². The smallest absolute Gasteiger partial charge is 0.293 e. The van der Waals surface area contributed by atoms with E-state index >= 15 is 0 Å². The van der Waals surface area contributed by atoms with Crippen LogP contribution in [-0.2, 0) is 6.42 Å². The van der Waals surface area contributed by atoms with Crippen molar-refractivity contribution in [3.8, 4) is 0 Å². The predicted molar refractivity (Wildman–Crippen MR) is 71.7 cm³/mol. The fourth-order valence-corrected chi connectivity index (χ4v) is 1.95. The van der Waals surface area contributed by atoms with Crippen molar-refractivity contribution in [3.05, 3.63) is 33.6 Å². The van der Waals surface area contributed by atoms with E-state index in [0.717, 1.165) is 19.4 Å². The van der Waals surface area contributed by atoms with E-state index in [1.165, 1.54) is 0 Å². The Morgan fingerprint density at radius 1 is 1.50 bits per heavy atom. The number of aromatic nitrogens is 1. The van der Waals surface area contributed by atoms with E-state index in [9.17, 15) is 10.1 Å². The largest absolute Gasteiger partial charge is 0.314 e. The second-order valence-electron chi connectivity index (χ2n) is 4.44. The Morgan fingerprint density at radius 2 is 2.22 bits per heavy atom. The number of aryl methyl sites for hydroxylation is 1. The zero-order valence-corrected chi connectivity index (χ0v) is 11.3. The van der Waals surface area contributed by atoms with Gasteiger partial charge in [0.05, 0.1) is 4.92 Å². The molecule has 0 saturated heterocycles. The first kappa shape index (κ1) is 14.6. The Morgan fingerprint density at radius 3 is 2.78 bits per heavy atom. The van der Waals surface area contributed by atoms with Crippen molar-refractivity contribution < 1.29 is 4.92 Å². The molecule has 5 nitrogen and oxygen atoms in total. The molecule has 0 bridgehead atoms. The van der Waals surface area contributed by atoms with Gasteiger partial charge in [-0.1, -0.05) is 13.8 Å². The van der Waals surface area contributed by atoms with E-state index < -0.39 is 0 Å². The lowest BCUT2D eigenvalue weighted by Crippen LogP contribution is -2.31. The highest BCUT2D eigenvalue weighted by Gasteiger charge is 2.20. The highest BCUT2D eigenvalue weighted by Crippen LogP contribution is 2.22. The zero-order chi connectivity index (χ0) is 13.5. The van der Waals surface area contributed by atoms with Crippen LogP contribution in [0.4, 0.5) is 5.69 Å². The summed E-state index contributed by atoms with van der Waals surface area (Å²) in [5.41, 5.74) is 1.42.